The van der Waals surface area contributed by atoms with E-state index in [-0.39, 0.29) is 6.04 Å². The molecule has 0 aromatic carbocycles. The molecule has 1 atom stereocenters. The minimum absolute atomic E-state index is 0.255. The van der Waals surface area contributed by atoms with Crippen LogP contribution in [0.5, 0.6) is 0 Å². The number of pyridine rings is 2. The number of fused-ring (bicyclic) bond motifs is 1. The van der Waals surface area contributed by atoms with E-state index in [4.69, 9.17) is 9.72 Å². The molecule has 8 heteroatoms. The zero-order chi connectivity index (χ0) is 19.8. The fourth-order valence-corrected chi connectivity index (χ4v) is 3.96. The number of rotatable bonds is 4. The minimum atomic E-state index is 0.255. The van der Waals surface area contributed by atoms with E-state index >= 15 is 0 Å². The predicted molar refractivity (Wildman–Crippen MR) is 112 cm³/mol. The maximum absolute atomic E-state index is 5.63. The Kier molecular flexibility index (Phi) is 4.48. The lowest BCUT2D eigenvalue weighted by molar-refractivity contribution is 0.0986. The monoisotopic (exact) mass is 389 g/mol. The van der Waals surface area contributed by atoms with Crippen LogP contribution in [0.2, 0.25) is 0 Å². The van der Waals surface area contributed by atoms with E-state index in [9.17, 15) is 0 Å². The summed E-state index contributed by atoms with van der Waals surface area (Å²) in [6.45, 7) is 7.28. The number of aryl methyl sites for hydroxylation is 1. The highest BCUT2D eigenvalue weighted by atomic mass is 16.5. The van der Waals surface area contributed by atoms with Gasteiger partial charge in [0.05, 0.1) is 30.6 Å². The average Bonchev–Trinajstić information content (AvgIpc) is 3.45. The van der Waals surface area contributed by atoms with Crippen LogP contribution in [0.25, 0.3) is 33.5 Å². The lowest BCUT2D eigenvalue weighted by atomic mass is 10.0. The van der Waals surface area contributed by atoms with E-state index in [1.165, 1.54) is 0 Å². The quantitative estimate of drug-likeness (QED) is 0.577. The van der Waals surface area contributed by atoms with Crippen molar-refractivity contribution < 1.29 is 4.74 Å². The van der Waals surface area contributed by atoms with Crippen LogP contribution >= 0.6 is 0 Å². The second-order valence-corrected chi connectivity index (χ2v) is 7.20. The number of hydrogen-bond donors (Lipinski definition) is 1. The van der Waals surface area contributed by atoms with Gasteiger partial charge < -0.3 is 9.64 Å². The van der Waals surface area contributed by atoms with Gasteiger partial charge in [-0.2, -0.15) is 10.2 Å². The summed E-state index contributed by atoms with van der Waals surface area (Å²) in [5.74, 6) is 0.931. The first-order valence-electron chi connectivity index (χ1n) is 9.92. The van der Waals surface area contributed by atoms with Gasteiger partial charge in [0.15, 0.2) is 0 Å². The van der Waals surface area contributed by atoms with E-state index in [1.807, 2.05) is 29.2 Å². The summed E-state index contributed by atoms with van der Waals surface area (Å²) in [7, 11) is 0. The largest absolute Gasteiger partial charge is 0.377 e. The normalized spacial score (nSPS) is 17.2. The molecule has 29 heavy (non-hydrogen) atoms. The van der Waals surface area contributed by atoms with Crippen LogP contribution in [0.4, 0.5) is 5.82 Å². The molecule has 5 rings (SSSR count). The van der Waals surface area contributed by atoms with Gasteiger partial charge in [-0.05, 0) is 38.1 Å². The van der Waals surface area contributed by atoms with Crippen molar-refractivity contribution in [2.75, 3.05) is 24.7 Å². The van der Waals surface area contributed by atoms with Crippen LogP contribution in [0.15, 0.2) is 42.9 Å². The first-order valence-corrected chi connectivity index (χ1v) is 9.92. The van der Waals surface area contributed by atoms with E-state index in [0.717, 1.165) is 52.5 Å². The zero-order valence-electron chi connectivity index (χ0n) is 16.5. The van der Waals surface area contributed by atoms with Gasteiger partial charge in [0.25, 0.3) is 0 Å². The summed E-state index contributed by atoms with van der Waals surface area (Å²) in [5, 5.41) is 12.6. The second-order valence-electron chi connectivity index (χ2n) is 7.20. The highest BCUT2D eigenvalue weighted by Crippen LogP contribution is 2.35. The Balaban J connectivity index is 1.79. The third kappa shape index (κ3) is 3.05. The summed E-state index contributed by atoms with van der Waals surface area (Å²) in [4.78, 5) is 12.0. The number of ether oxygens (including phenoxy) is 1. The number of nitrogens with one attached hydrogen (secondary N) is 1. The first kappa shape index (κ1) is 17.8. The highest BCUT2D eigenvalue weighted by molar-refractivity contribution is 6.01. The summed E-state index contributed by atoms with van der Waals surface area (Å²) in [6, 6.07) is 8.43. The van der Waals surface area contributed by atoms with Crippen molar-refractivity contribution in [3.63, 3.8) is 0 Å². The Morgan fingerprint density at radius 2 is 2.14 bits per heavy atom. The van der Waals surface area contributed by atoms with Crippen LogP contribution in [-0.2, 0) is 11.3 Å². The van der Waals surface area contributed by atoms with Crippen molar-refractivity contribution in [2.45, 2.75) is 26.4 Å². The predicted octanol–water partition coefficient (Wildman–Crippen LogP) is 3.13. The highest BCUT2D eigenvalue weighted by Gasteiger charge is 2.23. The smallest absolute Gasteiger partial charge is 0.130 e. The van der Waals surface area contributed by atoms with Crippen molar-refractivity contribution in [3.8, 4) is 22.6 Å². The summed E-state index contributed by atoms with van der Waals surface area (Å²) in [6.07, 6.45) is 5.41. The Labute approximate surface area is 168 Å². The number of anilines is 1. The van der Waals surface area contributed by atoms with Crippen LogP contribution in [0, 0.1) is 0 Å². The molecule has 0 amide bonds. The molecule has 1 aliphatic rings. The van der Waals surface area contributed by atoms with Crippen molar-refractivity contribution in [2.24, 2.45) is 0 Å². The van der Waals surface area contributed by atoms with E-state index in [1.54, 1.807) is 6.20 Å². The Hall–Kier alpha value is -3.26. The molecule has 1 N–H and O–H groups in total. The Morgan fingerprint density at radius 3 is 2.93 bits per heavy atom. The SMILES string of the molecule is CCn1nccc1-c1cc(N2CCOCC2C)nc2c(-c3ccn[nH]3)nccc12. The Bertz CT molecular complexity index is 1140. The van der Waals surface area contributed by atoms with Gasteiger partial charge in [-0.3, -0.25) is 14.8 Å². The van der Waals surface area contributed by atoms with Gasteiger partial charge in [-0.25, -0.2) is 4.98 Å². The van der Waals surface area contributed by atoms with Gasteiger partial charge in [0.2, 0.25) is 0 Å². The summed E-state index contributed by atoms with van der Waals surface area (Å²) in [5.41, 5.74) is 4.68. The zero-order valence-corrected chi connectivity index (χ0v) is 16.5. The first-order chi connectivity index (χ1) is 14.3. The molecule has 0 aliphatic carbocycles. The van der Waals surface area contributed by atoms with Crippen molar-refractivity contribution in [3.05, 3.63) is 42.9 Å². The van der Waals surface area contributed by atoms with Crippen LogP contribution in [0.3, 0.4) is 0 Å². The van der Waals surface area contributed by atoms with Crippen LogP contribution in [0.1, 0.15) is 13.8 Å². The molecule has 148 valence electrons. The molecule has 8 nitrogen and oxygen atoms in total. The fraction of sp³-hybridized carbons (Fsp3) is 0.333. The van der Waals surface area contributed by atoms with E-state index < -0.39 is 0 Å². The molecule has 1 unspecified atom stereocenters. The number of nitrogens with zero attached hydrogens (tertiary/aromatic N) is 6. The summed E-state index contributed by atoms with van der Waals surface area (Å²) < 4.78 is 7.64. The molecule has 0 saturated carbocycles. The van der Waals surface area contributed by atoms with Gasteiger partial charge >= 0.3 is 0 Å². The lowest BCUT2D eigenvalue weighted by Crippen LogP contribution is -2.44. The molecule has 1 fully saturated rings. The van der Waals surface area contributed by atoms with E-state index in [0.29, 0.717) is 13.2 Å². The van der Waals surface area contributed by atoms with Crippen LogP contribution in [-0.4, -0.2) is 55.7 Å². The number of aromatic amines is 1. The fourth-order valence-electron chi connectivity index (χ4n) is 3.96. The topological polar surface area (TPSA) is 84.8 Å². The standard InChI is InChI=1S/C21H23N7O/c1-3-28-18(6-9-24-28)16-12-19(27-10-11-29-13-14(27)2)25-20-15(16)4-7-22-21(20)17-5-8-23-26-17/h4-9,12,14H,3,10-11,13H2,1-2H3,(H,23,26). The Morgan fingerprint density at radius 1 is 1.21 bits per heavy atom. The number of morpholine rings is 1. The molecule has 5 heterocycles. The van der Waals surface area contributed by atoms with Crippen molar-refractivity contribution in [1.29, 1.82) is 0 Å². The van der Waals surface area contributed by atoms with Gasteiger partial charge in [-0.15, -0.1) is 0 Å². The van der Waals surface area contributed by atoms with Gasteiger partial charge in [0, 0.05) is 42.6 Å². The average molecular weight is 389 g/mol. The lowest BCUT2D eigenvalue weighted by Gasteiger charge is -2.34. The molecule has 4 aromatic rings. The molecular formula is C21H23N7O. The molecule has 0 bridgehead atoms. The molecule has 1 saturated heterocycles. The third-order valence-electron chi connectivity index (χ3n) is 5.42. The molecule has 0 spiro atoms. The van der Waals surface area contributed by atoms with E-state index in [2.05, 4.69) is 51.2 Å². The minimum Gasteiger partial charge on any atom is -0.377 e. The maximum atomic E-state index is 5.63. The van der Waals surface area contributed by atoms with Gasteiger partial charge in [-0.1, -0.05) is 0 Å². The molecule has 0 radical (unpaired) electrons. The second kappa shape index (κ2) is 7.29. The summed E-state index contributed by atoms with van der Waals surface area (Å²) >= 11 is 0. The maximum Gasteiger partial charge on any atom is 0.130 e. The van der Waals surface area contributed by atoms with Crippen LogP contribution < -0.4 is 4.90 Å². The van der Waals surface area contributed by atoms with Crippen molar-refractivity contribution in [1.82, 2.24) is 29.9 Å². The number of H-pyrrole nitrogens is 1. The number of hydrogen-bond acceptors (Lipinski definition) is 6. The van der Waals surface area contributed by atoms with Gasteiger partial charge in [0.1, 0.15) is 17.0 Å². The number of aromatic nitrogens is 6. The van der Waals surface area contributed by atoms with Crippen molar-refractivity contribution >= 4 is 16.7 Å². The molecule has 4 aromatic heterocycles. The third-order valence-corrected chi connectivity index (χ3v) is 5.42. The molecule has 1 aliphatic heterocycles. The molecular weight excluding hydrogens is 366 g/mol.